The van der Waals surface area contributed by atoms with Gasteiger partial charge in [0, 0.05) is 6.54 Å². The molecule has 2 heterocycles. The van der Waals surface area contributed by atoms with Crippen molar-refractivity contribution >= 4 is 33.9 Å². The van der Waals surface area contributed by atoms with Crippen LogP contribution in [0.25, 0.3) is 10.2 Å². The van der Waals surface area contributed by atoms with Gasteiger partial charge in [-0.25, -0.2) is 14.2 Å². The molecule has 0 aliphatic rings. The Hall–Kier alpha value is -2.84. The SMILES string of the molecule is Cc1c(C=NN(C(=O)O)C(C)(C)C)sc2c1c(=O)n(C(C)C(F)(F)F)c(=O)n2CCC(F)(F)F. The van der Waals surface area contributed by atoms with Crippen LogP contribution in [0.2, 0.25) is 0 Å². The number of thiophene rings is 1. The van der Waals surface area contributed by atoms with E-state index in [1.165, 1.54) is 6.92 Å². The highest BCUT2D eigenvalue weighted by atomic mass is 32.1. The molecule has 0 aromatic carbocycles. The molecule has 1 unspecified atom stereocenters. The number of hydrazone groups is 1. The summed E-state index contributed by atoms with van der Waals surface area (Å²) in [6.07, 6.45) is -11.6. The number of rotatable bonds is 5. The molecule has 2 aromatic heterocycles. The Bertz CT molecular complexity index is 1230. The minimum atomic E-state index is -5.01. The van der Waals surface area contributed by atoms with Crippen LogP contribution in [0.4, 0.5) is 31.1 Å². The standard InChI is InChI=1S/C19H22F6N4O4S/c1-9-11(8-26-29(16(32)33)17(3,4)5)34-14-12(9)13(30)28(10(2)19(23,24)25)15(31)27(14)7-6-18(20,21)22/h8,10H,6-7H2,1-5H3,(H,32,33). The van der Waals surface area contributed by atoms with Crippen molar-refractivity contribution in [3.05, 3.63) is 31.3 Å². The minimum absolute atomic E-state index is 0.0527. The Kier molecular flexibility index (Phi) is 7.31. The van der Waals surface area contributed by atoms with Crippen LogP contribution in [0.1, 0.15) is 50.6 Å². The molecule has 190 valence electrons. The van der Waals surface area contributed by atoms with Gasteiger partial charge in [0.05, 0.1) is 28.4 Å². The first-order chi connectivity index (χ1) is 15.3. The topological polar surface area (TPSA) is 96.9 Å². The number of nitrogens with zero attached hydrogens (tertiary/aromatic N) is 4. The Balaban J connectivity index is 2.85. The van der Waals surface area contributed by atoms with Crippen LogP contribution in [0.3, 0.4) is 0 Å². The predicted molar refractivity (Wildman–Crippen MR) is 114 cm³/mol. The number of aromatic nitrogens is 2. The first-order valence-electron chi connectivity index (χ1n) is 9.76. The second-order valence-corrected chi connectivity index (χ2v) is 9.50. The van der Waals surface area contributed by atoms with E-state index < -0.39 is 54.2 Å². The summed E-state index contributed by atoms with van der Waals surface area (Å²) in [4.78, 5) is 37.0. The van der Waals surface area contributed by atoms with Crippen molar-refractivity contribution in [3.63, 3.8) is 0 Å². The molecular weight excluding hydrogens is 494 g/mol. The van der Waals surface area contributed by atoms with Gasteiger partial charge in [0.25, 0.3) is 5.56 Å². The molecule has 0 spiro atoms. The minimum Gasteiger partial charge on any atom is -0.464 e. The summed E-state index contributed by atoms with van der Waals surface area (Å²) >= 11 is 0.654. The van der Waals surface area contributed by atoms with Crippen LogP contribution in [0.15, 0.2) is 14.7 Å². The van der Waals surface area contributed by atoms with Gasteiger partial charge in [-0.05, 0) is 40.2 Å². The molecule has 8 nitrogen and oxygen atoms in total. The smallest absolute Gasteiger partial charge is 0.428 e. The van der Waals surface area contributed by atoms with Crippen LogP contribution in [-0.4, -0.2) is 49.4 Å². The fourth-order valence-corrected chi connectivity index (χ4v) is 4.23. The number of carboxylic acid groups (broad SMARTS) is 1. The quantitative estimate of drug-likeness (QED) is 0.353. The molecule has 0 bridgehead atoms. The molecule has 0 radical (unpaired) electrons. The van der Waals surface area contributed by atoms with E-state index in [2.05, 4.69) is 5.10 Å². The zero-order chi connectivity index (χ0) is 26.4. The molecule has 34 heavy (non-hydrogen) atoms. The second-order valence-electron chi connectivity index (χ2n) is 8.47. The van der Waals surface area contributed by atoms with Gasteiger partial charge in [-0.2, -0.15) is 36.5 Å². The van der Waals surface area contributed by atoms with Crippen molar-refractivity contribution < 1.29 is 36.2 Å². The zero-order valence-electron chi connectivity index (χ0n) is 18.7. The van der Waals surface area contributed by atoms with Crippen molar-refractivity contribution in [2.45, 2.75) is 71.5 Å². The molecule has 1 amide bonds. The molecule has 1 atom stereocenters. The van der Waals surface area contributed by atoms with Crippen molar-refractivity contribution in [2.24, 2.45) is 5.10 Å². The van der Waals surface area contributed by atoms with Crippen LogP contribution in [0.5, 0.6) is 0 Å². The van der Waals surface area contributed by atoms with Gasteiger partial charge in [-0.1, -0.05) is 0 Å². The highest BCUT2D eigenvalue weighted by Gasteiger charge is 2.40. The van der Waals surface area contributed by atoms with E-state index in [1.807, 2.05) is 0 Å². The van der Waals surface area contributed by atoms with E-state index in [0.717, 1.165) is 6.21 Å². The molecule has 0 aliphatic carbocycles. The lowest BCUT2D eigenvalue weighted by Gasteiger charge is -2.27. The van der Waals surface area contributed by atoms with E-state index in [1.54, 1.807) is 20.8 Å². The second kappa shape index (κ2) is 9.07. The average molecular weight is 516 g/mol. The number of fused-ring (bicyclic) bond motifs is 1. The highest BCUT2D eigenvalue weighted by Crippen LogP contribution is 2.31. The van der Waals surface area contributed by atoms with E-state index in [0.29, 0.717) is 27.8 Å². The lowest BCUT2D eigenvalue weighted by molar-refractivity contribution is -0.164. The van der Waals surface area contributed by atoms with Crippen molar-refractivity contribution in [2.75, 3.05) is 0 Å². The normalized spacial score (nSPS) is 14.2. The largest absolute Gasteiger partial charge is 0.464 e. The Morgan fingerprint density at radius 3 is 2.18 bits per heavy atom. The molecule has 2 aromatic rings. The van der Waals surface area contributed by atoms with Gasteiger partial charge < -0.3 is 5.11 Å². The lowest BCUT2D eigenvalue weighted by Crippen LogP contribution is -2.45. The predicted octanol–water partition coefficient (Wildman–Crippen LogP) is 4.72. The molecule has 0 aliphatic heterocycles. The van der Waals surface area contributed by atoms with Crippen LogP contribution in [0, 0.1) is 6.92 Å². The number of alkyl halides is 6. The molecule has 2 rings (SSSR count). The van der Waals surface area contributed by atoms with Crippen molar-refractivity contribution in [1.29, 1.82) is 0 Å². The maximum Gasteiger partial charge on any atom is 0.428 e. The van der Waals surface area contributed by atoms with Crippen LogP contribution in [-0.2, 0) is 6.54 Å². The molecular formula is C19H22F6N4O4S. The summed E-state index contributed by atoms with van der Waals surface area (Å²) in [7, 11) is 0. The summed E-state index contributed by atoms with van der Waals surface area (Å²) in [5.74, 6) is 0. The lowest BCUT2D eigenvalue weighted by atomic mass is 10.1. The van der Waals surface area contributed by atoms with Gasteiger partial charge >= 0.3 is 24.1 Å². The Morgan fingerprint density at radius 1 is 1.18 bits per heavy atom. The third-order valence-corrected chi connectivity index (χ3v) is 6.12. The van der Waals surface area contributed by atoms with Gasteiger partial charge in [0.15, 0.2) is 0 Å². The van der Waals surface area contributed by atoms with Gasteiger partial charge in [-0.15, -0.1) is 11.3 Å². The van der Waals surface area contributed by atoms with Gasteiger partial charge in [-0.3, -0.25) is 9.36 Å². The number of hydrogen-bond donors (Lipinski definition) is 1. The Labute approximate surface area is 192 Å². The maximum atomic E-state index is 13.3. The third kappa shape index (κ3) is 5.62. The van der Waals surface area contributed by atoms with Crippen LogP contribution >= 0.6 is 11.3 Å². The number of hydrogen-bond acceptors (Lipinski definition) is 5. The fourth-order valence-electron chi connectivity index (χ4n) is 3.05. The zero-order valence-corrected chi connectivity index (χ0v) is 19.5. The number of carbonyl (C=O) groups is 1. The number of amides is 1. The van der Waals surface area contributed by atoms with Gasteiger partial charge in [0.1, 0.15) is 10.9 Å². The monoisotopic (exact) mass is 516 g/mol. The molecule has 15 heteroatoms. The number of aryl methyl sites for hydroxylation is 2. The fraction of sp³-hybridized carbons (Fsp3) is 0.579. The van der Waals surface area contributed by atoms with Crippen molar-refractivity contribution in [1.82, 2.24) is 14.1 Å². The van der Waals surface area contributed by atoms with Crippen LogP contribution < -0.4 is 11.2 Å². The molecule has 0 saturated carbocycles. The van der Waals surface area contributed by atoms with Gasteiger partial charge in [0.2, 0.25) is 0 Å². The first kappa shape index (κ1) is 27.4. The first-order valence-corrected chi connectivity index (χ1v) is 10.6. The maximum absolute atomic E-state index is 13.3. The number of halogens is 6. The summed E-state index contributed by atoms with van der Waals surface area (Å²) in [5, 5.41) is 13.5. The summed E-state index contributed by atoms with van der Waals surface area (Å²) in [6.45, 7) is 5.50. The summed E-state index contributed by atoms with van der Waals surface area (Å²) < 4.78 is 78.9. The van der Waals surface area contributed by atoms with E-state index in [-0.39, 0.29) is 25.2 Å². The Morgan fingerprint density at radius 2 is 1.74 bits per heavy atom. The third-order valence-electron chi connectivity index (χ3n) is 4.87. The van der Waals surface area contributed by atoms with E-state index in [9.17, 15) is 45.8 Å². The van der Waals surface area contributed by atoms with E-state index in [4.69, 9.17) is 0 Å². The highest BCUT2D eigenvalue weighted by molar-refractivity contribution is 7.20. The molecule has 1 N–H and O–H groups in total. The molecule has 0 saturated heterocycles. The van der Waals surface area contributed by atoms with E-state index >= 15 is 0 Å². The van der Waals surface area contributed by atoms with Crippen molar-refractivity contribution in [3.8, 4) is 0 Å². The summed E-state index contributed by atoms with van der Waals surface area (Å²) in [6, 6.07) is -2.59. The molecule has 0 fully saturated rings. The average Bonchev–Trinajstić information content (AvgIpc) is 2.95. The summed E-state index contributed by atoms with van der Waals surface area (Å²) in [5.41, 5.74) is -3.77.